The number of nitrogens with one attached hydrogen (secondary N) is 1. The molecule has 3 aromatic heterocycles. The fourth-order valence-electron chi connectivity index (χ4n) is 3.39. The Morgan fingerprint density at radius 2 is 1.91 bits per heavy atom. The van der Waals surface area contributed by atoms with Crippen molar-refractivity contribution in [3.8, 4) is 28.4 Å². The predicted molar refractivity (Wildman–Crippen MR) is 119 cm³/mol. The van der Waals surface area contributed by atoms with Crippen molar-refractivity contribution >= 4 is 17.2 Å². The highest BCUT2D eigenvalue weighted by Gasteiger charge is 2.27. The molecule has 170 valence electrons. The van der Waals surface area contributed by atoms with Crippen molar-refractivity contribution in [2.45, 2.75) is 25.9 Å². The molecular formula is C24H21F3N4O2. The number of carbonyl (C=O) groups is 1. The molecule has 4 aromatic rings. The second kappa shape index (κ2) is 9.32. The van der Waals surface area contributed by atoms with E-state index in [1.807, 2.05) is 47.9 Å². The summed E-state index contributed by atoms with van der Waals surface area (Å²) in [6, 6.07) is 16.3. The van der Waals surface area contributed by atoms with Gasteiger partial charge in [0.1, 0.15) is 5.65 Å². The van der Waals surface area contributed by atoms with Crippen molar-refractivity contribution in [3.63, 3.8) is 0 Å². The summed E-state index contributed by atoms with van der Waals surface area (Å²) in [6.45, 7) is 2.43. The molecule has 0 radical (unpaired) electrons. The topological polar surface area (TPSA) is 68.5 Å². The van der Waals surface area contributed by atoms with Crippen molar-refractivity contribution < 1.29 is 22.7 Å². The van der Waals surface area contributed by atoms with Gasteiger partial charge in [0.05, 0.1) is 30.6 Å². The van der Waals surface area contributed by atoms with E-state index in [1.165, 1.54) is 0 Å². The predicted octanol–water partition coefficient (Wildman–Crippen LogP) is 5.74. The second-order valence-corrected chi connectivity index (χ2v) is 7.33. The number of imidazole rings is 1. The van der Waals surface area contributed by atoms with Crippen molar-refractivity contribution in [2.24, 2.45) is 0 Å². The minimum absolute atomic E-state index is 0.420. The summed E-state index contributed by atoms with van der Waals surface area (Å²) < 4.78 is 44.4. The van der Waals surface area contributed by atoms with Gasteiger partial charge in [-0.2, -0.15) is 13.2 Å². The number of hydrogen-bond acceptors (Lipinski definition) is 4. The molecule has 0 aliphatic carbocycles. The Morgan fingerprint density at radius 3 is 2.70 bits per heavy atom. The first-order valence-corrected chi connectivity index (χ1v) is 10.4. The van der Waals surface area contributed by atoms with Gasteiger partial charge in [-0.15, -0.1) is 0 Å². The monoisotopic (exact) mass is 454 g/mol. The number of hydrogen-bond donors (Lipinski definition) is 1. The zero-order valence-corrected chi connectivity index (χ0v) is 17.8. The lowest BCUT2D eigenvalue weighted by molar-refractivity contribution is -0.142. The summed E-state index contributed by atoms with van der Waals surface area (Å²) in [6.07, 6.45) is -2.57. The number of amides is 1. The molecule has 1 N–H and O–H groups in total. The number of carbonyl (C=O) groups excluding carboxylic acids is 1. The average Bonchev–Trinajstić information content (AvgIpc) is 3.21. The van der Waals surface area contributed by atoms with Crippen LogP contribution < -0.4 is 10.1 Å². The summed E-state index contributed by atoms with van der Waals surface area (Å²) in [5, 5.41) is 2.52. The number of aromatic nitrogens is 3. The molecule has 0 spiro atoms. The van der Waals surface area contributed by atoms with Crippen LogP contribution in [0, 0.1) is 0 Å². The van der Waals surface area contributed by atoms with E-state index in [-0.39, 0.29) is 0 Å². The van der Waals surface area contributed by atoms with E-state index in [4.69, 9.17) is 4.74 Å². The Morgan fingerprint density at radius 1 is 1.09 bits per heavy atom. The van der Waals surface area contributed by atoms with Crippen LogP contribution in [0.1, 0.15) is 19.8 Å². The molecule has 0 saturated carbocycles. The van der Waals surface area contributed by atoms with Gasteiger partial charge in [-0.3, -0.25) is 9.20 Å². The largest absolute Gasteiger partial charge is 0.478 e. The number of halogens is 3. The zero-order chi connectivity index (χ0) is 23.4. The van der Waals surface area contributed by atoms with E-state index >= 15 is 0 Å². The van der Waals surface area contributed by atoms with Gasteiger partial charge < -0.3 is 10.1 Å². The van der Waals surface area contributed by atoms with Crippen LogP contribution in [0.5, 0.6) is 5.88 Å². The molecule has 9 heteroatoms. The van der Waals surface area contributed by atoms with Crippen LogP contribution in [0.25, 0.3) is 28.2 Å². The van der Waals surface area contributed by atoms with Gasteiger partial charge in [-0.25, -0.2) is 9.97 Å². The van der Waals surface area contributed by atoms with E-state index in [1.54, 1.807) is 30.5 Å². The normalized spacial score (nSPS) is 11.5. The van der Waals surface area contributed by atoms with Crippen LogP contribution in [0.2, 0.25) is 0 Å². The Bertz CT molecular complexity index is 1280. The summed E-state index contributed by atoms with van der Waals surface area (Å²) in [5.41, 5.74) is 4.30. The molecule has 1 amide bonds. The maximum atomic E-state index is 12.3. The summed E-state index contributed by atoms with van der Waals surface area (Å²) in [7, 11) is 0. The minimum atomic E-state index is -4.37. The maximum absolute atomic E-state index is 12.3. The van der Waals surface area contributed by atoms with Crippen molar-refractivity contribution in [2.75, 3.05) is 11.9 Å². The molecular weight excluding hydrogens is 433 g/mol. The van der Waals surface area contributed by atoms with Crippen LogP contribution in [0.15, 0.2) is 67.0 Å². The van der Waals surface area contributed by atoms with E-state index in [0.717, 1.165) is 22.5 Å². The molecule has 6 nitrogen and oxygen atoms in total. The molecule has 33 heavy (non-hydrogen) atoms. The Balaban J connectivity index is 1.56. The van der Waals surface area contributed by atoms with Crippen LogP contribution in [-0.2, 0) is 4.79 Å². The molecule has 0 fully saturated rings. The number of anilines is 1. The minimum Gasteiger partial charge on any atom is -0.478 e. The lowest BCUT2D eigenvalue weighted by Gasteiger charge is -2.09. The number of fused-ring (bicyclic) bond motifs is 1. The second-order valence-electron chi connectivity index (χ2n) is 7.33. The van der Waals surface area contributed by atoms with Gasteiger partial charge in [-0.1, -0.05) is 18.2 Å². The van der Waals surface area contributed by atoms with Gasteiger partial charge in [-0.05, 0) is 37.3 Å². The van der Waals surface area contributed by atoms with Crippen molar-refractivity contribution in [3.05, 3.63) is 67.0 Å². The third kappa shape index (κ3) is 5.49. The van der Waals surface area contributed by atoms with Crippen LogP contribution >= 0.6 is 0 Å². The van der Waals surface area contributed by atoms with Gasteiger partial charge in [0.25, 0.3) is 0 Å². The number of alkyl halides is 3. The molecule has 0 saturated heterocycles. The SMILES string of the molecule is CCOc1cccc(-c2ccn3c(-c4cccc(NC(=O)CCC(F)(F)F)c4)cnc3c2)n1. The number of benzene rings is 1. The smallest absolute Gasteiger partial charge is 0.389 e. The highest BCUT2D eigenvalue weighted by atomic mass is 19.4. The number of rotatable bonds is 7. The molecule has 0 aliphatic rings. The van der Waals surface area contributed by atoms with Crippen LogP contribution in [0.4, 0.5) is 18.9 Å². The van der Waals surface area contributed by atoms with Crippen LogP contribution in [-0.4, -0.2) is 33.1 Å². The van der Waals surface area contributed by atoms with E-state index in [9.17, 15) is 18.0 Å². The lowest BCUT2D eigenvalue weighted by Crippen LogP contribution is -2.16. The highest BCUT2D eigenvalue weighted by molar-refractivity contribution is 5.91. The molecule has 0 unspecified atom stereocenters. The van der Waals surface area contributed by atoms with E-state index in [0.29, 0.717) is 23.8 Å². The fourth-order valence-corrected chi connectivity index (χ4v) is 3.39. The summed E-state index contributed by atoms with van der Waals surface area (Å²) in [5.74, 6) is -0.137. The Labute approximate surface area is 188 Å². The van der Waals surface area contributed by atoms with E-state index in [2.05, 4.69) is 15.3 Å². The van der Waals surface area contributed by atoms with Crippen molar-refractivity contribution in [1.29, 1.82) is 0 Å². The lowest BCUT2D eigenvalue weighted by atomic mass is 10.1. The molecule has 4 rings (SSSR count). The standard InChI is InChI=1S/C24H21F3N4O2/c1-2-33-23-8-4-7-19(30-23)16-10-12-31-20(15-28-21(31)14-16)17-5-3-6-18(13-17)29-22(32)9-11-24(25,26)27/h3-8,10,12-15H,2,9,11H2,1H3,(H,29,32). The summed E-state index contributed by atoms with van der Waals surface area (Å²) in [4.78, 5) is 20.8. The zero-order valence-electron chi connectivity index (χ0n) is 17.8. The Hall–Kier alpha value is -3.88. The quantitative estimate of drug-likeness (QED) is 0.387. The molecule has 0 bridgehead atoms. The van der Waals surface area contributed by atoms with Crippen molar-refractivity contribution in [1.82, 2.24) is 14.4 Å². The van der Waals surface area contributed by atoms with Gasteiger partial charge in [0, 0.05) is 35.5 Å². The average molecular weight is 454 g/mol. The fraction of sp³-hybridized carbons (Fsp3) is 0.208. The third-order valence-electron chi connectivity index (χ3n) is 4.90. The summed E-state index contributed by atoms with van der Waals surface area (Å²) >= 11 is 0. The first-order chi connectivity index (χ1) is 15.8. The highest BCUT2D eigenvalue weighted by Crippen LogP contribution is 2.27. The third-order valence-corrected chi connectivity index (χ3v) is 4.90. The van der Waals surface area contributed by atoms with Gasteiger partial charge in [0.2, 0.25) is 11.8 Å². The number of ether oxygens (including phenoxy) is 1. The molecule has 1 aromatic carbocycles. The van der Waals surface area contributed by atoms with Gasteiger partial charge >= 0.3 is 6.18 Å². The molecule has 3 heterocycles. The van der Waals surface area contributed by atoms with Crippen LogP contribution in [0.3, 0.4) is 0 Å². The maximum Gasteiger partial charge on any atom is 0.389 e. The first-order valence-electron chi connectivity index (χ1n) is 10.4. The van der Waals surface area contributed by atoms with E-state index < -0.39 is 24.9 Å². The Kier molecular flexibility index (Phi) is 6.30. The van der Waals surface area contributed by atoms with Gasteiger partial charge in [0.15, 0.2) is 0 Å². The molecule has 0 atom stereocenters. The number of pyridine rings is 2. The first kappa shape index (κ1) is 22.3. The molecule has 0 aliphatic heterocycles. The number of nitrogens with zero attached hydrogens (tertiary/aromatic N) is 3.